The topological polar surface area (TPSA) is 37.3 Å². The molecule has 2 bridgehead atoms. The van der Waals surface area contributed by atoms with Crippen LogP contribution < -0.4 is 0 Å². The molecule has 2 aliphatic carbocycles. The van der Waals surface area contributed by atoms with Crippen LogP contribution in [0.1, 0.15) is 47.0 Å². The lowest BCUT2D eigenvalue weighted by atomic mass is 9.66. The molecule has 2 aliphatic rings. The van der Waals surface area contributed by atoms with E-state index in [1.807, 2.05) is 6.08 Å². The zero-order chi connectivity index (χ0) is 12.1. The SMILES string of the molecule is CC(=CC1C[C@H]2CC[C@@]1(C)C2(C)C)C(=O)O. The van der Waals surface area contributed by atoms with Crippen LogP contribution >= 0.6 is 0 Å². The molecule has 2 saturated carbocycles. The fourth-order valence-corrected chi connectivity index (χ4v) is 3.89. The van der Waals surface area contributed by atoms with Crippen molar-refractivity contribution in [3.05, 3.63) is 11.6 Å². The van der Waals surface area contributed by atoms with Crippen LogP contribution in [0.5, 0.6) is 0 Å². The summed E-state index contributed by atoms with van der Waals surface area (Å²) in [5, 5.41) is 8.96. The molecule has 2 fully saturated rings. The summed E-state index contributed by atoms with van der Waals surface area (Å²) in [6.45, 7) is 8.77. The van der Waals surface area contributed by atoms with Crippen molar-refractivity contribution in [2.24, 2.45) is 22.7 Å². The molecule has 2 rings (SSSR count). The summed E-state index contributed by atoms with van der Waals surface area (Å²) in [5.41, 5.74) is 1.18. The van der Waals surface area contributed by atoms with E-state index in [2.05, 4.69) is 20.8 Å². The van der Waals surface area contributed by atoms with Crippen molar-refractivity contribution in [2.75, 3.05) is 0 Å². The fraction of sp³-hybridized carbons (Fsp3) is 0.786. The van der Waals surface area contributed by atoms with E-state index in [1.165, 1.54) is 19.3 Å². The minimum Gasteiger partial charge on any atom is -0.478 e. The molecule has 0 saturated heterocycles. The van der Waals surface area contributed by atoms with Crippen LogP contribution in [0.2, 0.25) is 0 Å². The predicted octanol–water partition coefficient (Wildman–Crippen LogP) is 3.48. The molecule has 0 amide bonds. The molecule has 0 heterocycles. The molecule has 0 aromatic heterocycles. The van der Waals surface area contributed by atoms with Crippen molar-refractivity contribution in [3.63, 3.8) is 0 Å². The summed E-state index contributed by atoms with van der Waals surface area (Å²) in [5.74, 6) is 0.460. The van der Waals surface area contributed by atoms with E-state index in [9.17, 15) is 4.79 Å². The van der Waals surface area contributed by atoms with Gasteiger partial charge in [0.2, 0.25) is 0 Å². The zero-order valence-corrected chi connectivity index (χ0v) is 10.7. The summed E-state index contributed by atoms with van der Waals surface area (Å²) in [6, 6.07) is 0. The third-order valence-electron chi connectivity index (χ3n) is 5.65. The Bertz CT molecular complexity index is 354. The van der Waals surface area contributed by atoms with Crippen molar-refractivity contribution in [1.82, 2.24) is 0 Å². The van der Waals surface area contributed by atoms with Crippen LogP contribution in [0.25, 0.3) is 0 Å². The standard InChI is InChI=1S/C14H22O2/c1-9(12(15)16)7-11-8-10-5-6-14(11,4)13(10,2)3/h7,10-11H,5-6,8H2,1-4H3,(H,15,16)/t10-,11?,14-/m1/s1. The van der Waals surface area contributed by atoms with Gasteiger partial charge in [0.05, 0.1) is 0 Å². The second-order valence-electron chi connectivity index (χ2n) is 6.37. The molecular formula is C14H22O2. The third kappa shape index (κ3) is 1.35. The first-order valence-electron chi connectivity index (χ1n) is 6.21. The molecule has 16 heavy (non-hydrogen) atoms. The Morgan fingerprint density at radius 3 is 2.38 bits per heavy atom. The predicted molar refractivity (Wildman–Crippen MR) is 64.1 cm³/mol. The summed E-state index contributed by atoms with van der Waals surface area (Å²) < 4.78 is 0. The maximum atomic E-state index is 10.9. The normalized spacial score (nSPS) is 41.4. The number of carbonyl (C=O) groups is 1. The van der Waals surface area contributed by atoms with Crippen LogP contribution in [-0.2, 0) is 4.79 Å². The molecule has 0 spiro atoms. The van der Waals surface area contributed by atoms with Gasteiger partial charge in [-0.2, -0.15) is 0 Å². The Balaban J connectivity index is 2.29. The van der Waals surface area contributed by atoms with Crippen LogP contribution in [0.3, 0.4) is 0 Å². The number of hydrogen-bond acceptors (Lipinski definition) is 1. The van der Waals surface area contributed by atoms with Gasteiger partial charge in [-0.15, -0.1) is 0 Å². The number of fused-ring (bicyclic) bond motifs is 2. The van der Waals surface area contributed by atoms with E-state index in [-0.39, 0.29) is 0 Å². The molecule has 2 heteroatoms. The van der Waals surface area contributed by atoms with Gasteiger partial charge in [-0.25, -0.2) is 4.79 Å². The Hall–Kier alpha value is -0.790. The second-order valence-corrected chi connectivity index (χ2v) is 6.37. The molecular weight excluding hydrogens is 200 g/mol. The third-order valence-corrected chi connectivity index (χ3v) is 5.65. The number of hydrogen-bond donors (Lipinski definition) is 1. The highest BCUT2D eigenvalue weighted by molar-refractivity contribution is 5.85. The minimum absolute atomic E-state index is 0.300. The molecule has 2 nitrogen and oxygen atoms in total. The lowest BCUT2D eigenvalue weighted by Gasteiger charge is -2.38. The average molecular weight is 222 g/mol. The van der Waals surface area contributed by atoms with E-state index in [0.29, 0.717) is 22.3 Å². The van der Waals surface area contributed by atoms with Crippen LogP contribution in [0.15, 0.2) is 11.6 Å². The fourth-order valence-electron chi connectivity index (χ4n) is 3.89. The van der Waals surface area contributed by atoms with Gasteiger partial charge < -0.3 is 5.11 Å². The van der Waals surface area contributed by atoms with Crippen molar-refractivity contribution in [2.45, 2.75) is 47.0 Å². The molecule has 1 unspecified atom stereocenters. The monoisotopic (exact) mass is 222 g/mol. The van der Waals surface area contributed by atoms with Gasteiger partial charge in [0, 0.05) is 5.57 Å². The van der Waals surface area contributed by atoms with E-state index in [4.69, 9.17) is 5.11 Å². The zero-order valence-electron chi connectivity index (χ0n) is 10.7. The first-order chi connectivity index (χ1) is 7.29. The molecule has 1 N–H and O–H groups in total. The number of carboxylic acid groups (broad SMARTS) is 1. The largest absolute Gasteiger partial charge is 0.478 e. The maximum absolute atomic E-state index is 10.9. The van der Waals surface area contributed by atoms with Crippen LogP contribution in [0, 0.1) is 22.7 Å². The van der Waals surface area contributed by atoms with Crippen molar-refractivity contribution in [3.8, 4) is 0 Å². The van der Waals surface area contributed by atoms with Gasteiger partial charge in [-0.1, -0.05) is 26.8 Å². The average Bonchev–Trinajstić information content (AvgIpc) is 2.50. The van der Waals surface area contributed by atoms with Crippen molar-refractivity contribution in [1.29, 1.82) is 0 Å². The molecule has 0 aliphatic heterocycles. The molecule has 90 valence electrons. The van der Waals surface area contributed by atoms with Crippen molar-refractivity contribution < 1.29 is 9.90 Å². The van der Waals surface area contributed by atoms with Crippen LogP contribution in [0.4, 0.5) is 0 Å². The van der Waals surface area contributed by atoms with E-state index < -0.39 is 5.97 Å². The Labute approximate surface area is 97.7 Å². The maximum Gasteiger partial charge on any atom is 0.330 e. The molecule has 3 atom stereocenters. The first-order valence-corrected chi connectivity index (χ1v) is 6.21. The van der Waals surface area contributed by atoms with E-state index >= 15 is 0 Å². The van der Waals surface area contributed by atoms with Gasteiger partial charge in [-0.3, -0.25) is 0 Å². The summed E-state index contributed by atoms with van der Waals surface area (Å²) in [7, 11) is 0. The lowest BCUT2D eigenvalue weighted by Crippen LogP contribution is -2.31. The summed E-state index contributed by atoms with van der Waals surface area (Å²) in [6.07, 6.45) is 5.75. The number of aliphatic carboxylic acids is 1. The Morgan fingerprint density at radius 2 is 2.00 bits per heavy atom. The molecule has 0 radical (unpaired) electrons. The first kappa shape index (κ1) is 11.7. The second kappa shape index (κ2) is 3.35. The van der Waals surface area contributed by atoms with E-state index in [1.54, 1.807) is 6.92 Å². The van der Waals surface area contributed by atoms with Gasteiger partial charge in [-0.05, 0) is 48.9 Å². The van der Waals surface area contributed by atoms with Crippen molar-refractivity contribution >= 4 is 5.97 Å². The highest BCUT2D eigenvalue weighted by Crippen LogP contribution is 2.68. The van der Waals surface area contributed by atoms with Gasteiger partial charge in [0.15, 0.2) is 0 Å². The number of allylic oxidation sites excluding steroid dienone is 1. The molecule has 0 aromatic carbocycles. The molecule has 0 aromatic rings. The van der Waals surface area contributed by atoms with Gasteiger partial charge in [0.1, 0.15) is 0 Å². The Morgan fingerprint density at radius 1 is 1.38 bits per heavy atom. The van der Waals surface area contributed by atoms with Gasteiger partial charge in [0.25, 0.3) is 0 Å². The summed E-state index contributed by atoms with van der Waals surface area (Å²) >= 11 is 0. The quantitative estimate of drug-likeness (QED) is 0.726. The number of rotatable bonds is 2. The summed E-state index contributed by atoms with van der Waals surface area (Å²) in [4.78, 5) is 10.9. The minimum atomic E-state index is -0.774. The van der Waals surface area contributed by atoms with Gasteiger partial charge >= 0.3 is 5.97 Å². The Kier molecular flexibility index (Phi) is 2.45. The highest BCUT2D eigenvalue weighted by Gasteiger charge is 2.60. The van der Waals surface area contributed by atoms with Crippen LogP contribution in [-0.4, -0.2) is 11.1 Å². The smallest absolute Gasteiger partial charge is 0.330 e. The highest BCUT2D eigenvalue weighted by atomic mass is 16.4. The van der Waals surface area contributed by atoms with E-state index in [0.717, 1.165) is 5.92 Å². The number of carboxylic acids is 1. The lowest BCUT2D eigenvalue weighted by molar-refractivity contribution is -0.132.